The summed E-state index contributed by atoms with van der Waals surface area (Å²) in [5.41, 5.74) is 0.586. The molecule has 2 amide bonds. The zero-order valence-corrected chi connectivity index (χ0v) is 14.8. The summed E-state index contributed by atoms with van der Waals surface area (Å²) >= 11 is 0. The zero-order valence-electron chi connectivity index (χ0n) is 14.8. The van der Waals surface area contributed by atoms with Gasteiger partial charge in [0.05, 0.1) is 6.54 Å². The average Bonchev–Trinajstić information content (AvgIpc) is 3.04. The molecule has 0 aliphatic heterocycles. The highest BCUT2D eigenvalue weighted by Gasteiger charge is 2.15. The van der Waals surface area contributed by atoms with E-state index in [0.717, 1.165) is 11.1 Å². The number of aromatic nitrogens is 2. The van der Waals surface area contributed by atoms with E-state index in [1.807, 2.05) is 6.92 Å². The molecule has 0 spiro atoms. The molecule has 10 nitrogen and oxygen atoms in total. The van der Waals surface area contributed by atoms with Crippen LogP contribution in [0.5, 0.6) is 0 Å². The van der Waals surface area contributed by atoms with E-state index in [0.29, 0.717) is 12.1 Å². The van der Waals surface area contributed by atoms with Crippen molar-refractivity contribution < 1.29 is 23.5 Å². The summed E-state index contributed by atoms with van der Waals surface area (Å²) in [5, 5.41) is 8.82. The Morgan fingerprint density at radius 1 is 1.15 bits per heavy atom. The number of hydrogen-bond acceptors (Lipinski definition) is 7. The molecule has 27 heavy (non-hydrogen) atoms. The summed E-state index contributed by atoms with van der Waals surface area (Å²) in [6.07, 6.45) is 0.782. The molecule has 0 radical (unpaired) electrons. The summed E-state index contributed by atoms with van der Waals surface area (Å²) in [4.78, 5) is 46.4. The molecule has 0 saturated carbocycles. The van der Waals surface area contributed by atoms with Crippen LogP contribution in [0.2, 0.25) is 0 Å². The Kier molecular flexibility index (Phi) is 7.29. The number of carbonyl (C=O) groups is 3. The van der Waals surface area contributed by atoms with Crippen molar-refractivity contribution in [1.82, 2.24) is 20.4 Å². The van der Waals surface area contributed by atoms with Crippen molar-refractivity contribution in [2.24, 2.45) is 0 Å². The van der Waals surface area contributed by atoms with Gasteiger partial charge in [0.1, 0.15) is 6.54 Å². The monoisotopic (exact) mass is 376 g/mol. The fourth-order valence-electron chi connectivity index (χ4n) is 1.97. The molecule has 2 N–H and O–H groups in total. The van der Waals surface area contributed by atoms with E-state index < -0.39 is 30.8 Å². The quantitative estimate of drug-likeness (QED) is 0.574. The largest absolute Gasteiger partial charge is 0.454 e. The fourth-order valence-corrected chi connectivity index (χ4v) is 1.97. The second kappa shape index (κ2) is 9.90. The Morgan fingerprint density at radius 3 is 2.59 bits per heavy atom. The van der Waals surface area contributed by atoms with E-state index in [1.165, 1.54) is 0 Å². The molecule has 0 unspecified atom stereocenters. The van der Waals surface area contributed by atoms with E-state index in [2.05, 4.69) is 15.7 Å². The SMILES string of the molecule is CCCNC(=O)CNC(=O)COC(=O)Cn1nc(-c2ccccc2)oc1=O. The fraction of sp³-hybridized carbons (Fsp3) is 0.353. The lowest BCUT2D eigenvalue weighted by molar-refractivity contribution is -0.149. The van der Waals surface area contributed by atoms with Gasteiger partial charge < -0.3 is 19.8 Å². The zero-order chi connectivity index (χ0) is 19.6. The number of benzene rings is 1. The number of ether oxygens (including phenoxy) is 1. The first-order chi connectivity index (χ1) is 13.0. The lowest BCUT2D eigenvalue weighted by Gasteiger charge is -2.06. The number of amides is 2. The van der Waals surface area contributed by atoms with Crippen LogP contribution in [-0.4, -0.2) is 47.3 Å². The van der Waals surface area contributed by atoms with E-state index in [9.17, 15) is 19.2 Å². The minimum atomic E-state index is -0.837. The molecule has 0 atom stereocenters. The first-order valence-corrected chi connectivity index (χ1v) is 8.32. The van der Waals surface area contributed by atoms with Crippen molar-refractivity contribution in [2.45, 2.75) is 19.9 Å². The second-order valence-corrected chi connectivity index (χ2v) is 5.48. The maximum atomic E-state index is 11.8. The highest BCUT2D eigenvalue weighted by atomic mass is 16.5. The number of esters is 1. The second-order valence-electron chi connectivity index (χ2n) is 5.48. The van der Waals surface area contributed by atoms with Crippen molar-refractivity contribution in [2.75, 3.05) is 19.7 Å². The third kappa shape index (κ3) is 6.42. The Morgan fingerprint density at radius 2 is 1.89 bits per heavy atom. The predicted molar refractivity (Wildman–Crippen MR) is 93.5 cm³/mol. The van der Waals surface area contributed by atoms with Gasteiger partial charge in [-0.05, 0) is 18.6 Å². The first-order valence-electron chi connectivity index (χ1n) is 8.32. The molecule has 0 bridgehead atoms. The molecule has 0 aliphatic rings. The lowest BCUT2D eigenvalue weighted by Crippen LogP contribution is -2.39. The van der Waals surface area contributed by atoms with Crippen molar-refractivity contribution in [3.63, 3.8) is 0 Å². The third-order valence-electron chi connectivity index (χ3n) is 3.29. The van der Waals surface area contributed by atoms with Crippen molar-refractivity contribution in [1.29, 1.82) is 0 Å². The van der Waals surface area contributed by atoms with Gasteiger partial charge in [0, 0.05) is 12.1 Å². The first kappa shape index (κ1) is 19.9. The smallest absolute Gasteiger partial charge is 0.437 e. The molecule has 1 heterocycles. The molecular weight excluding hydrogens is 356 g/mol. The van der Waals surface area contributed by atoms with Gasteiger partial charge in [-0.1, -0.05) is 25.1 Å². The standard InChI is InChI=1S/C17H20N4O6/c1-2-8-18-13(22)9-19-14(23)11-26-15(24)10-21-17(25)27-16(20-21)12-6-4-3-5-7-12/h3-7H,2,8-11H2,1H3,(H,18,22)(H,19,23). The van der Waals surface area contributed by atoms with Gasteiger partial charge in [-0.3, -0.25) is 14.4 Å². The summed E-state index contributed by atoms with van der Waals surface area (Å²) in [6.45, 7) is 1.14. The van der Waals surface area contributed by atoms with Gasteiger partial charge in [-0.2, -0.15) is 4.68 Å². The van der Waals surface area contributed by atoms with Crippen LogP contribution in [0.3, 0.4) is 0 Å². The van der Waals surface area contributed by atoms with Crippen LogP contribution in [0.15, 0.2) is 39.5 Å². The maximum absolute atomic E-state index is 11.8. The maximum Gasteiger partial charge on any atom is 0.437 e. The molecule has 2 rings (SSSR count). The van der Waals surface area contributed by atoms with Gasteiger partial charge in [0.2, 0.25) is 11.8 Å². The lowest BCUT2D eigenvalue weighted by atomic mass is 10.2. The normalized spacial score (nSPS) is 10.3. The Balaban J connectivity index is 1.79. The highest BCUT2D eigenvalue weighted by molar-refractivity contribution is 5.86. The van der Waals surface area contributed by atoms with Crippen LogP contribution in [0, 0.1) is 0 Å². The minimum Gasteiger partial charge on any atom is -0.454 e. The number of nitrogens with zero attached hydrogens (tertiary/aromatic N) is 2. The molecular formula is C17H20N4O6. The molecule has 144 valence electrons. The number of rotatable bonds is 9. The van der Waals surface area contributed by atoms with Gasteiger partial charge in [0.15, 0.2) is 6.61 Å². The topological polar surface area (TPSA) is 133 Å². The van der Waals surface area contributed by atoms with E-state index in [-0.39, 0.29) is 18.3 Å². The van der Waals surface area contributed by atoms with Crippen LogP contribution in [0.25, 0.3) is 11.5 Å². The van der Waals surface area contributed by atoms with Crippen molar-refractivity contribution in [3.8, 4) is 11.5 Å². The molecule has 1 aromatic heterocycles. The van der Waals surface area contributed by atoms with Crippen LogP contribution >= 0.6 is 0 Å². The molecule has 1 aromatic carbocycles. The third-order valence-corrected chi connectivity index (χ3v) is 3.29. The average molecular weight is 376 g/mol. The highest BCUT2D eigenvalue weighted by Crippen LogP contribution is 2.13. The Bertz CT molecular complexity index is 843. The van der Waals surface area contributed by atoms with Gasteiger partial charge in [-0.15, -0.1) is 5.10 Å². The van der Waals surface area contributed by atoms with Gasteiger partial charge >= 0.3 is 11.7 Å². The molecule has 0 saturated heterocycles. The summed E-state index contributed by atoms with van der Waals surface area (Å²) in [7, 11) is 0. The number of carbonyl (C=O) groups excluding carboxylic acids is 3. The Hall–Kier alpha value is -3.43. The van der Waals surface area contributed by atoms with Crippen LogP contribution in [0.1, 0.15) is 13.3 Å². The van der Waals surface area contributed by atoms with E-state index >= 15 is 0 Å². The van der Waals surface area contributed by atoms with E-state index in [4.69, 9.17) is 9.15 Å². The van der Waals surface area contributed by atoms with Gasteiger partial charge in [-0.25, -0.2) is 4.79 Å². The van der Waals surface area contributed by atoms with Crippen LogP contribution in [-0.2, 0) is 25.7 Å². The molecule has 0 aliphatic carbocycles. The summed E-state index contributed by atoms with van der Waals surface area (Å²) in [5.74, 6) is -2.55. The van der Waals surface area contributed by atoms with Crippen molar-refractivity contribution >= 4 is 17.8 Å². The van der Waals surface area contributed by atoms with Crippen LogP contribution < -0.4 is 16.4 Å². The van der Waals surface area contributed by atoms with Crippen LogP contribution in [0.4, 0.5) is 0 Å². The Labute approximate surface area is 154 Å². The summed E-state index contributed by atoms with van der Waals surface area (Å²) < 4.78 is 10.6. The molecule has 0 fully saturated rings. The molecule has 10 heteroatoms. The van der Waals surface area contributed by atoms with E-state index in [1.54, 1.807) is 30.3 Å². The summed E-state index contributed by atoms with van der Waals surface area (Å²) in [6, 6.07) is 8.71. The molecule has 2 aromatic rings. The van der Waals surface area contributed by atoms with Gasteiger partial charge in [0.25, 0.3) is 5.91 Å². The minimum absolute atomic E-state index is 0.0734. The van der Waals surface area contributed by atoms with Crippen molar-refractivity contribution in [3.05, 3.63) is 40.9 Å². The number of hydrogen-bond donors (Lipinski definition) is 2. The number of nitrogens with one attached hydrogen (secondary N) is 2. The predicted octanol–water partition coefficient (Wildman–Crippen LogP) is -0.311.